The van der Waals surface area contributed by atoms with Crippen molar-refractivity contribution in [3.8, 4) is 0 Å². The molecule has 0 aliphatic heterocycles. The predicted octanol–water partition coefficient (Wildman–Crippen LogP) is 2.31. The Morgan fingerprint density at radius 1 is 1.21 bits per heavy atom. The summed E-state index contributed by atoms with van der Waals surface area (Å²) in [5.74, 6) is 1.79. The lowest BCUT2D eigenvalue weighted by Gasteiger charge is -2.08. The molecule has 0 saturated carbocycles. The van der Waals surface area contributed by atoms with E-state index in [1.54, 1.807) is 0 Å². The van der Waals surface area contributed by atoms with E-state index in [0.717, 1.165) is 30.8 Å². The Hall–Kier alpha value is 0.110. The van der Waals surface area contributed by atoms with E-state index in [4.69, 9.17) is 0 Å². The maximum absolute atomic E-state index is 11.5. The molecule has 1 N–H and O–H groups in total. The monoisotopic (exact) mass is 219 g/mol. The van der Waals surface area contributed by atoms with Crippen LogP contribution >= 0.6 is 0 Å². The Labute approximate surface area is 91.3 Å². The summed E-state index contributed by atoms with van der Waals surface area (Å²) in [5.41, 5.74) is 0. The molecule has 0 amide bonds. The molecule has 0 aromatic carbocycles. The fourth-order valence-corrected chi connectivity index (χ4v) is 2.53. The third kappa shape index (κ3) is 8.70. The van der Waals surface area contributed by atoms with Crippen LogP contribution in [0.1, 0.15) is 46.0 Å². The van der Waals surface area contributed by atoms with Crippen molar-refractivity contribution in [3.05, 3.63) is 0 Å². The lowest BCUT2D eigenvalue weighted by atomic mass is 10.2. The van der Waals surface area contributed by atoms with Gasteiger partial charge in [0.15, 0.2) is 0 Å². The van der Waals surface area contributed by atoms with Crippen LogP contribution in [0.25, 0.3) is 0 Å². The molecular weight excluding hydrogens is 194 g/mol. The van der Waals surface area contributed by atoms with Gasteiger partial charge < -0.3 is 5.32 Å². The molecule has 86 valence electrons. The summed E-state index contributed by atoms with van der Waals surface area (Å²) in [7, 11) is 1.41. The highest BCUT2D eigenvalue weighted by atomic mass is 32.2. The van der Waals surface area contributed by atoms with E-state index in [9.17, 15) is 4.21 Å². The molecule has 0 aliphatic carbocycles. The van der Waals surface area contributed by atoms with Crippen LogP contribution in [0, 0.1) is 0 Å². The summed E-state index contributed by atoms with van der Waals surface area (Å²) < 4.78 is 11.5. The van der Waals surface area contributed by atoms with Crippen molar-refractivity contribution in [3.63, 3.8) is 0 Å². The summed E-state index contributed by atoms with van der Waals surface area (Å²) in [6.45, 7) is 4.34. The van der Waals surface area contributed by atoms with Crippen LogP contribution in [0.3, 0.4) is 0 Å². The number of unbranched alkanes of at least 4 members (excludes halogenated alkanes) is 2. The smallest absolute Gasteiger partial charge is 0.0235 e. The molecule has 0 radical (unpaired) electrons. The van der Waals surface area contributed by atoms with Crippen LogP contribution in [-0.4, -0.2) is 28.8 Å². The zero-order valence-electron chi connectivity index (χ0n) is 9.84. The van der Waals surface area contributed by atoms with Gasteiger partial charge in [0.1, 0.15) is 0 Å². The molecule has 2 unspecified atom stereocenters. The molecule has 0 aliphatic rings. The second kappa shape index (κ2) is 9.66. The Morgan fingerprint density at radius 2 is 1.86 bits per heavy atom. The topological polar surface area (TPSA) is 29.1 Å². The van der Waals surface area contributed by atoms with Gasteiger partial charge in [-0.2, -0.15) is 0 Å². The third-order valence-corrected chi connectivity index (χ3v) is 3.97. The van der Waals surface area contributed by atoms with Crippen molar-refractivity contribution < 1.29 is 4.21 Å². The first kappa shape index (κ1) is 14.1. The van der Waals surface area contributed by atoms with Crippen molar-refractivity contribution in [1.29, 1.82) is 0 Å². The van der Waals surface area contributed by atoms with Crippen molar-refractivity contribution in [2.24, 2.45) is 0 Å². The lowest BCUT2D eigenvalue weighted by molar-refractivity contribution is 0.557. The summed E-state index contributed by atoms with van der Waals surface area (Å²) >= 11 is 0. The number of hydrogen-bond donors (Lipinski definition) is 1. The lowest BCUT2D eigenvalue weighted by Crippen LogP contribution is -2.21. The van der Waals surface area contributed by atoms with Gasteiger partial charge in [0.05, 0.1) is 0 Å². The zero-order chi connectivity index (χ0) is 10.8. The van der Waals surface area contributed by atoms with Crippen LogP contribution < -0.4 is 5.32 Å². The Balaban J connectivity index is 3.26. The van der Waals surface area contributed by atoms with Gasteiger partial charge in [0, 0.05) is 28.3 Å². The standard InChI is InChI=1S/C11H25NOS/c1-4-5-6-9-14(13)10-7-8-11(2)12-3/h11-12H,4-10H2,1-3H3. The first-order valence-corrected chi connectivity index (χ1v) is 7.21. The van der Waals surface area contributed by atoms with Gasteiger partial charge >= 0.3 is 0 Å². The summed E-state index contributed by atoms with van der Waals surface area (Å²) in [4.78, 5) is 0. The van der Waals surface area contributed by atoms with Crippen molar-refractivity contribution in [2.45, 2.75) is 52.0 Å². The molecule has 14 heavy (non-hydrogen) atoms. The van der Waals surface area contributed by atoms with Crippen LogP contribution in [0.5, 0.6) is 0 Å². The predicted molar refractivity (Wildman–Crippen MR) is 65.2 cm³/mol. The molecule has 0 spiro atoms. The fraction of sp³-hybridized carbons (Fsp3) is 1.00. The quantitative estimate of drug-likeness (QED) is 0.603. The van der Waals surface area contributed by atoms with Crippen LogP contribution in [0.2, 0.25) is 0 Å². The molecule has 3 heteroatoms. The summed E-state index contributed by atoms with van der Waals surface area (Å²) in [6, 6.07) is 0.558. The van der Waals surface area contributed by atoms with Gasteiger partial charge in [-0.15, -0.1) is 0 Å². The molecule has 2 atom stereocenters. The molecular formula is C11H25NOS. The highest BCUT2D eigenvalue weighted by molar-refractivity contribution is 7.84. The molecule has 0 fully saturated rings. The van der Waals surface area contributed by atoms with Gasteiger partial charge in [-0.05, 0) is 33.2 Å². The Morgan fingerprint density at radius 3 is 2.43 bits per heavy atom. The van der Waals surface area contributed by atoms with Crippen molar-refractivity contribution in [2.75, 3.05) is 18.6 Å². The Kier molecular flexibility index (Phi) is 9.73. The molecule has 0 heterocycles. The van der Waals surface area contributed by atoms with Crippen LogP contribution in [0.15, 0.2) is 0 Å². The van der Waals surface area contributed by atoms with E-state index >= 15 is 0 Å². The Bertz CT molecular complexity index is 150. The highest BCUT2D eigenvalue weighted by Gasteiger charge is 2.02. The van der Waals surface area contributed by atoms with E-state index < -0.39 is 10.8 Å². The number of nitrogens with one attached hydrogen (secondary N) is 1. The minimum absolute atomic E-state index is 0.558. The maximum atomic E-state index is 11.5. The largest absolute Gasteiger partial charge is 0.317 e. The van der Waals surface area contributed by atoms with E-state index in [-0.39, 0.29) is 0 Å². The molecule has 0 bridgehead atoms. The molecule has 0 aromatic rings. The second-order valence-electron chi connectivity index (χ2n) is 3.89. The summed E-state index contributed by atoms with van der Waals surface area (Å²) in [5, 5.41) is 3.19. The van der Waals surface area contributed by atoms with E-state index in [2.05, 4.69) is 19.2 Å². The fourth-order valence-electron chi connectivity index (χ4n) is 1.31. The van der Waals surface area contributed by atoms with Crippen LogP contribution in [-0.2, 0) is 10.8 Å². The van der Waals surface area contributed by atoms with Crippen LogP contribution in [0.4, 0.5) is 0 Å². The van der Waals surface area contributed by atoms with E-state index in [0.29, 0.717) is 6.04 Å². The van der Waals surface area contributed by atoms with Gasteiger partial charge in [0.2, 0.25) is 0 Å². The second-order valence-corrected chi connectivity index (χ2v) is 5.58. The molecule has 2 nitrogen and oxygen atoms in total. The average molecular weight is 219 g/mol. The summed E-state index contributed by atoms with van der Waals surface area (Å²) in [6.07, 6.45) is 5.79. The SMILES string of the molecule is CCCCCS(=O)CCCC(C)NC. The van der Waals surface area contributed by atoms with Gasteiger partial charge in [0.25, 0.3) is 0 Å². The van der Waals surface area contributed by atoms with Crippen molar-refractivity contribution in [1.82, 2.24) is 5.32 Å². The highest BCUT2D eigenvalue weighted by Crippen LogP contribution is 2.01. The third-order valence-electron chi connectivity index (χ3n) is 2.48. The van der Waals surface area contributed by atoms with E-state index in [1.807, 2.05) is 7.05 Å². The number of rotatable bonds is 9. The van der Waals surface area contributed by atoms with Gasteiger partial charge in [-0.3, -0.25) is 4.21 Å². The van der Waals surface area contributed by atoms with Gasteiger partial charge in [-0.1, -0.05) is 19.8 Å². The maximum Gasteiger partial charge on any atom is 0.0235 e. The molecule has 0 rings (SSSR count). The molecule has 0 aromatic heterocycles. The first-order chi connectivity index (χ1) is 6.70. The normalized spacial score (nSPS) is 15.4. The van der Waals surface area contributed by atoms with Gasteiger partial charge in [-0.25, -0.2) is 0 Å². The molecule has 0 saturated heterocycles. The first-order valence-electron chi connectivity index (χ1n) is 5.73. The number of hydrogen-bond acceptors (Lipinski definition) is 2. The van der Waals surface area contributed by atoms with E-state index in [1.165, 1.54) is 12.8 Å². The zero-order valence-corrected chi connectivity index (χ0v) is 10.7. The average Bonchev–Trinajstić information content (AvgIpc) is 2.18. The minimum atomic E-state index is -0.568. The minimum Gasteiger partial charge on any atom is -0.317 e. The van der Waals surface area contributed by atoms with Crippen molar-refractivity contribution >= 4 is 10.8 Å².